The molecule has 0 aliphatic heterocycles. The van der Waals surface area contributed by atoms with Crippen LogP contribution in [0.3, 0.4) is 0 Å². The highest BCUT2D eigenvalue weighted by Crippen LogP contribution is 2.34. The van der Waals surface area contributed by atoms with Crippen LogP contribution in [0.25, 0.3) is 10.9 Å². The standard InChI is InChI=1S/C18H23Cl2N3O2/c1-4-23(5-2)10-9-21-16-12-7-8-14(19)15(20)17(12)22-11-13(16)18(24)25-6-3/h7-8,11H,4-6,9-10H2,1-3H3,(H,21,22)/p+1. The Labute approximate surface area is 158 Å². The maximum absolute atomic E-state index is 12.3. The van der Waals surface area contributed by atoms with Gasteiger partial charge in [-0.15, -0.1) is 0 Å². The Bertz CT molecular complexity index is 749. The number of nitrogens with one attached hydrogen (secondary N) is 2. The molecule has 0 aliphatic carbocycles. The Kier molecular flexibility index (Phi) is 7.29. The zero-order valence-corrected chi connectivity index (χ0v) is 16.3. The summed E-state index contributed by atoms with van der Waals surface area (Å²) in [5.74, 6) is -0.402. The normalized spacial score (nSPS) is 11.1. The minimum absolute atomic E-state index is 0.307. The van der Waals surface area contributed by atoms with Crippen molar-refractivity contribution in [1.29, 1.82) is 0 Å². The summed E-state index contributed by atoms with van der Waals surface area (Å²) < 4.78 is 5.16. The number of likely N-dealkylation sites (N-methyl/N-ethyl adjacent to an activating group) is 1. The molecule has 0 bridgehead atoms. The second-order valence-corrected chi connectivity index (χ2v) is 6.44. The number of benzene rings is 1. The first-order valence-electron chi connectivity index (χ1n) is 8.54. The smallest absolute Gasteiger partial charge is 0.341 e. The molecular formula is C18H24Cl2N3O2+. The fraction of sp³-hybridized carbons (Fsp3) is 0.444. The largest absolute Gasteiger partial charge is 0.462 e. The number of aromatic nitrogens is 1. The molecule has 5 nitrogen and oxygen atoms in total. The number of carbonyl (C=O) groups is 1. The maximum atomic E-state index is 12.3. The van der Waals surface area contributed by atoms with Crippen LogP contribution >= 0.6 is 23.2 Å². The first kappa shape index (κ1) is 19.8. The number of esters is 1. The van der Waals surface area contributed by atoms with Crippen molar-refractivity contribution in [2.75, 3.05) is 38.1 Å². The molecule has 0 amide bonds. The van der Waals surface area contributed by atoms with E-state index in [0.717, 1.165) is 31.6 Å². The number of nitrogens with zero attached hydrogens (tertiary/aromatic N) is 1. The topological polar surface area (TPSA) is 55.7 Å². The number of halogens is 2. The van der Waals surface area contributed by atoms with Crippen molar-refractivity contribution in [3.8, 4) is 0 Å². The van der Waals surface area contributed by atoms with E-state index in [1.165, 1.54) is 11.1 Å². The van der Waals surface area contributed by atoms with Crippen molar-refractivity contribution in [3.05, 3.63) is 33.9 Å². The van der Waals surface area contributed by atoms with Crippen molar-refractivity contribution in [2.24, 2.45) is 0 Å². The number of pyridine rings is 1. The third kappa shape index (κ3) is 4.54. The van der Waals surface area contributed by atoms with Gasteiger partial charge >= 0.3 is 5.97 Å². The maximum Gasteiger partial charge on any atom is 0.341 e. The zero-order chi connectivity index (χ0) is 18.4. The molecule has 2 N–H and O–H groups in total. The van der Waals surface area contributed by atoms with Gasteiger partial charge in [-0.05, 0) is 32.9 Å². The fourth-order valence-electron chi connectivity index (χ4n) is 2.73. The molecule has 0 atom stereocenters. The highest BCUT2D eigenvalue weighted by Gasteiger charge is 2.19. The molecule has 2 aromatic rings. The molecule has 25 heavy (non-hydrogen) atoms. The van der Waals surface area contributed by atoms with E-state index in [0.29, 0.717) is 33.4 Å². The molecule has 1 heterocycles. The van der Waals surface area contributed by atoms with Gasteiger partial charge in [0.05, 0.1) is 54.0 Å². The molecule has 7 heteroatoms. The van der Waals surface area contributed by atoms with Gasteiger partial charge < -0.3 is 15.0 Å². The lowest BCUT2D eigenvalue weighted by Gasteiger charge is -2.18. The lowest BCUT2D eigenvalue weighted by Crippen LogP contribution is -3.12. The molecule has 0 radical (unpaired) electrons. The summed E-state index contributed by atoms with van der Waals surface area (Å²) in [6.07, 6.45) is 1.50. The van der Waals surface area contributed by atoms with Gasteiger partial charge in [0.1, 0.15) is 5.56 Å². The average Bonchev–Trinajstić information content (AvgIpc) is 2.62. The number of rotatable bonds is 8. The summed E-state index contributed by atoms with van der Waals surface area (Å²) in [7, 11) is 0. The molecule has 0 fully saturated rings. The molecule has 0 unspecified atom stereocenters. The first-order chi connectivity index (χ1) is 12.0. The van der Waals surface area contributed by atoms with Gasteiger partial charge in [0.15, 0.2) is 0 Å². The summed E-state index contributed by atoms with van der Waals surface area (Å²) in [5, 5.41) is 4.95. The van der Waals surface area contributed by atoms with Crippen LogP contribution in [0.1, 0.15) is 31.1 Å². The minimum atomic E-state index is -0.402. The summed E-state index contributed by atoms with van der Waals surface area (Å²) in [4.78, 5) is 18.1. The number of hydrogen-bond donors (Lipinski definition) is 2. The van der Waals surface area contributed by atoms with Gasteiger partial charge in [0.25, 0.3) is 0 Å². The highest BCUT2D eigenvalue weighted by molar-refractivity contribution is 6.45. The molecule has 0 saturated carbocycles. The number of hydrogen-bond acceptors (Lipinski definition) is 4. The Hall–Kier alpha value is -1.56. The fourth-order valence-corrected chi connectivity index (χ4v) is 3.09. The third-order valence-electron chi connectivity index (χ3n) is 4.21. The molecule has 0 aliphatic rings. The van der Waals surface area contributed by atoms with Crippen molar-refractivity contribution < 1.29 is 14.4 Å². The van der Waals surface area contributed by atoms with Crippen LogP contribution in [0, 0.1) is 0 Å². The van der Waals surface area contributed by atoms with Gasteiger partial charge in [-0.3, -0.25) is 4.98 Å². The molecule has 1 aromatic heterocycles. The predicted molar refractivity (Wildman–Crippen MR) is 103 cm³/mol. The molecule has 1 aromatic carbocycles. The van der Waals surface area contributed by atoms with E-state index < -0.39 is 5.97 Å². The van der Waals surface area contributed by atoms with Crippen LogP contribution in [0.2, 0.25) is 10.0 Å². The molecule has 136 valence electrons. The van der Waals surface area contributed by atoms with E-state index in [1.807, 2.05) is 6.07 Å². The zero-order valence-electron chi connectivity index (χ0n) is 14.8. The van der Waals surface area contributed by atoms with Crippen LogP contribution in [-0.4, -0.2) is 43.7 Å². The number of fused-ring (bicyclic) bond motifs is 1. The first-order valence-corrected chi connectivity index (χ1v) is 9.30. The summed E-state index contributed by atoms with van der Waals surface area (Å²) >= 11 is 12.4. The van der Waals surface area contributed by atoms with Crippen LogP contribution in [-0.2, 0) is 4.74 Å². The minimum Gasteiger partial charge on any atom is -0.462 e. The van der Waals surface area contributed by atoms with Crippen LogP contribution in [0.15, 0.2) is 18.3 Å². The van der Waals surface area contributed by atoms with Crippen LogP contribution < -0.4 is 10.2 Å². The van der Waals surface area contributed by atoms with E-state index in [9.17, 15) is 4.79 Å². The Morgan fingerprint density at radius 1 is 1.24 bits per heavy atom. The number of ether oxygens (including phenoxy) is 1. The van der Waals surface area contributed by atoms with E-state index in [1.54, 1.807) is 13.0 Å². The van der Waals surface area contributed by atoms with Crippen molar-refractivity contribution in [1.82, 2.24) is 4.98 Å². The molecule has 2 rings (SSSR count). The van der Waals surface area contributed by atoms with E-state index in [2.05, 4.69) is 24.1 Å². The lowest BCUT2D eigenvalue weighted by atomic mass is 10.1. The summed E-state index contributed by atoms with van der Waals surface area (Å²) in [6, 6.07) is 3.54. The lowest BCUT2D eigenvalue weighted by molar-refractivity contribution is -0.894. The quantitative estimate of drug-likeness (QED) is 0.686. The number of carbonyl (C=O) groups excluding carboxylic acids is 1. The SMILES string of the molecule is CCOC(=O)c1cnc2c(Cl)c(Cl)ccc2c1NCC[NH+](CC)CC. The Balaban J connectivity index is 2.42. The van der Waals surface area contributed by atoms with Crippen LogP contribution in [0.5, 0.6) is 0 Å². The summed E-state index contributed by atoms with van der Waals surface area (Å²) in [6.45, 7) is 10.2. The van der Waals surface area contributed by atoms with Crippen molar-refractivity contribution in [3.63, 3.8) is 0 Å². The molecule has 0 saturated heterocycles. The van der Waals surface area contributed by atoms with E-state index >= 15 is 0 Å². The van der Waals surface area contributed by atoms with E-state index in [-0.39, 0.29) is 0 Å². The van der Waals surface area contributed by atoms with Crippen LogP contribution in [0.4, 0.5) is 5.69 Å². The highest BCUT2D eigenvalue weighted by atomic mass is 35.5. The van der Waals surface area contributed by atoms with Gasteiger partial charge in [-0.25, -0.2) is 4.79 Å². The predicted octanol–water partition coefficient (Wildman–Crippen LogP) is 3.05. The van der Waals surface area contributed by atoms with Crippen molar-refractivity contribution >= 4 is 45.8 Å². The Morgan fingerprint density at radius 2 is 1.96 bits per heavy atom. The van der Waals surface area contributed by atoms with Crippen molar-refractivity contribution in [2.45, 2.75) is 20.8 Å². The molecule has 0 spiro atoms. The second-order valence-electron chi connectivity index (χ2n) is 5.66. The second kappa shape index (κ2) is 9.22. The molecular weight excluding hydrogens is 361 g/mol. The van der Waals surface area contributed by atoms with Gasteiger partial charge in [0, 0.05) is 11.6 Å². The van der Waals surface area contributed by atoms with Gasteiger partial charge in [0.2, 0.25) is 0 Å². The van der Waals surface area contributed by atoms with Gasteiger partial charge in [-0.2, -0.15) is 0 Å². The monoisotopic (exact) mass is 384 g/mol. The number of quaternary nitrogens is 1. The van der Waals surface area contributed by atoms with Gasteiger partial charge in [-0.1, -0.05) is 23.2 Å². The third-order valence-corrected chi connectivity index (χ3v) is 5.00. The van der Waals surface area contributed by atoms with E-state index in [4.69, 9.17) is 27.9 Å². The Morgan fingerprint density at radius 3 is 2.60 bits per heavy atom. The number of anilines is 1. The average molecular weight is 385 g/mol. The summed E-state index contributed by atoms with van der Waals surface area (Å²) in [5.41, 5.74) is 1.66.